The number of carbonyl (C=O) groups is 1. The maximum absolute atomic E-state index is 12.8. The molecule has 1 aliphatic carbocycles. The predicted molar refractivity (Wildman–Crippen MR) is 98.8 cm³/mol. The lowest BCUT2D eigenvalue weighted by Crippen LogP contribution is -2.40. The molecule has 0 radical (unpaired) electrons. The van der Waals surface area contributed by atoms with E-state index in [1.54, 1.807) is 11.3 Å². The second-order valence-corrected chi connectivity index (χ2v) is 8.03. The number of rotatable bonds is 6. The summed E-state index contributed by atoms with van der Waals surface area (Å²) in [5.74, 6) is 0.155. The van der Waals surface area contributed by atoms with Crippen molar-refractivity contribution < 1.29 is 4.79 Å². The second-order valence-electron chi connectivity index (χ2n) is 6.34. The number of hydrogen-bond acceptors (Lipinski definition) is 3. The first-order chi connectivity index (χ1) is 11.0. The van der Waals surface area contributed by atoms with Crippen LogP contribution in [0.15, 0.2) is 45.6 Å². The van der Waals surface area contributed by atoms with Gasteiger partial charge >= 0.3 is 0 Å². The Bertz CT molecular complexity index is 663. The van der Waals surface area contributed by atoms with E-state index in [0.29, 0.717) is 6.54 Å². The molecule has 5 heteroatoms. The zero-order chi connectivity index (χ0) is 16.4. The number of halogens is 1. The van der Waals surface area contributed by atoms with E-state index in [9.17, 15) is 4.79 Å². The van der Waals surface area contributed by atoms with Crippen LogP contribution in [0, 0.1) is 0 Å². The van der Waals surface area contributed by atoms with Crippen LogP contribution in [-0.4, -0.2) is 31.4 Å². The molecule has 0 aliphatic heterocycles. The first-order valence-corrected chi connectivity index (χ1v) is 9.49. The molecule has 1 aromatic heterocycles. The van der Waals surface area contributed by atoms with Gasteiger partial charge in [-0.3, -0.25) is 4.79 Å². The van der Waals surface area contributed by atoms with Crippen LogP contribution in [0.4, 0.5) is 0 Å². The highest BCUT2D eigenvalue weighted by Crippen LogP contribution is 2.48. The predicted octanol–water partition coefficient (Wildman–Crippen LogP) is 3.96. The van der Waals surface area contributed by atoms with Gasteiger partial charge in [0.1, 0.15) is 0 Å². The Balaban J connectivity index is 1.68. The molecule has 1 amide bonds. The average molecular weight is 393 g/mol. The summed E-state index contributed by atoms with van der Waals surface area (Å²) >= 11 is 5.14. The molecule has 0 saturated heterocycles. The van der Waals surface area contributed by atoms with Gasteiger partial charge in [0, 0.05) is 11.0 Å². The van der Waals surface area contributed by atoms with Crippen molar-refractivity contribution in [2.24, 2.45) is 0 Å². The lowest BCUT2D eigenvalue weighted by atomic mass is 9.95. The molecule has 23 heavy (non-hydrogen) atoms. The first kappa shape index (κ1) is 16.7. The van der Waals surface area contributed by atoms with E-state index < -0.39 is 0 Å². The van der Waals surface area contributed by atoms with Gasteiger partial charge in [-0.05, 0) is 67.0 Å². The van der Waals surface area contributed by atoms with Gasteiger partial charge in [0.15, 0.2) is 0 Å². The molecule has 0 bridgehead atoms. The van der Waals surface area contributed by atoms with Crippen LogP contribution in [0.1, 0.15) is 30.0 Å². The third-order valence-electron chi connectivity index (χ3n) is 4.59. The molecule has 122 valence electrons. The van der Waals surface area contributed by atoms with Gasteiger partial charge in [0.05, 0.1) is 11.5 Å². The van der Waals surface area contributed by atoms with Gasteiger partial charge in [0.2, 0.25) is 5.91 Å². The summed E-state index contributed by atoms with van der Waals surface area (Å²) in [7, 11) is 4.10. The summed E-state index contributed by atoms with van der Waals surface area (Å²) in [5, 5.41) is 7.41. The Morgan fingerprint density at radius 1 is 1.30 bits per heavy atom. The summed E-state index contributed by atoms with van der Waals surface area (Å²) in [6, 6.07) is 10.5. The monoisotopic (exact) mass is 392 g/mol. The number of likely N-dealkylation sites (N-methyl/N-ethyl adjacent to an activating group) is 1. The fourth-order valence-electron chi connectivity index (χ4n) is 2.96. The Labute approximate surface area is 149 Å². The smallest absolute Gasteiger partial charge is 0.230 e. The highest BCUT2D eigenvalue weighted by Gasteiger charge is 2.51. The lowest BCUT2D eigenvalue weighted by molar-refractivity contribution is -0.123. The first-order valence-electron chi connectivity index (χ1n) is 7.76. The number of thiophene rings is 1. The average Bonchev–Trinajstić information content (AvgIpc) is 3.17. The SMILES string of the molecule is CN(C)C(CNC(=O)C1(c2ccc(Br)cc2)CC1)c1ccsc1. The van der Waals surface area contributed by atoms with E-state index in [4.69, 9.17) is 0 Å². The van der Waals surface area contributed by atoms with Crippen molar-refractivity contribution in [2.75, 3.05) is 20.6 Å². The molecular weight excluding hydrogens is 372 g/mol. The third kappa shape index (κ3) is 3.52. The summed E-state index contributed by atoms with van der Waals surface area (Å²) in [6.45, 7) is 0.640. The van der Waals surface area contributed by atoms with Crippen LogP contribution in [0.5, 0.6) is 0 Å². The molecule has 1 unspecified atom stereocenters. The largest absolute Gasteiger partial charge is 0.353 e. The summed E-state index contributed by atoms with van der Waals surface area (Å²) in [4.78, 5) is 14.9. The van der Waals surface area contributed by atoms with E-state index in [0.717, 1.165) is 22.9 Å². The van der Waals surface area contributed by atoms with Crippen LogP contribution >= 0.6 is 27.3 Å². The summed E-state index contributed by atoms with van der Waals surface area (Å²) in [6.07, 6.45) is 1.87. The fourth-order valence-corrected chi connectivity index (χ4v) is 3.93. The quantitative estimate of drug-likeness (QED) is 0.806. The summed E-state index contributed by atoms with van der Waals surface area (Å²) in [5.41, 5.74) is 2.07. The molecule has 1 aliphatic rings. The Morgan fingerprint density at radius 2 is 2.00 bits per heavy atom. The third-order valence-corrected chi connectivity index (χ3v) is 5.82. The van der Waals surface area contributed by atoms with E-state index in [1.165, 1.54) is 5.56 Å². The number of carbonyl (C=O) groups excluding carboxylic acids is 1. The lowest BCUT2D eigenvalue weighted by Gasteiger charge is -2.25. The zero-order valence-corrected chi connectivity index (χ0v) is 15.8. The number of amides is 1. The maximum atomic E-state index is 12.8. The van der Waals surface area contributed by atoms with Crippen LogP contribution in [-0.2, 0) is 10.2 Å². The van der Waals surface area contributed by atoms with Crippen molar-refractivity contribution in [3.8, 4) is 0 Å². The standard InChI is InChI=1S/C18H21BrN2OS/c1-21(2)16(13-7-10-23-12-13)11-20-17(22)18(8-9-18)14-3-5-15(19)6-4-14/h3-7,10,12,16H,8-9,11H2,1-2H3,(H,20,22). The van der Waals surface area contributed by atoms with Crippen molar-refractivity contribution in [1.82, 2.24) is 10.2 Å². The van der Waals surface area contributed by atoms with Gasteiger partial charge in [-0.15, -0.1) is 0 Å². The van der Waals surface area contributed by atoms with Crippen molar-refractivity contribution in [3.05, 3.63) is 56.7 Å². The molecule has 1 atom stereocenters. The van der Waals surface area contributed by atoms with Gasteiger partial charge in [-0.2, -0.15) is 11.3 Å². The van der Waals surface area contributed by atoms with Gasteiger partial charge in [-0.25, -0.2) is 0 Å². The molecule has 0 spiro atoms. The van der Waals surface area contributed by atoms with Crippen LogP contribution in [0.2, 0.25) is 0 Å². The Kier molecular flexibility index (Phi) is 4.90. The van der Waals surface area contributed by atoms with E-state index >= 15 is 0 Å². The second kappa shape index (κ2) is 6.75. The van der Waals surface area contributed by atoms with Crippen LogP contribution < -0.4 is 5.32 Å². The van der Waals surface area contributed by atoms with Gasteiger partial charge < -0.3 is 10.2 Å². The maximum Gasteiger partial charge on any atom is 0.230 e. The van der Waals surface area contributed by atoms with E-state index in [-0.39, 0.29) is 17.4 Å². The van der Waals surface area contributed by atoms with Gasteiger partial charge in [0.25, 0.3) is 0 Å². The van der Waals surface area contributed by atoms with E-state index in [1.807, 2.05) is 12.1 Å². The van der Waals surface area contributed by atoms with Crippen molar-refractivity contribution in [2.45, 2.75) is 24.3 Å². The molecule has 1 fully saturated rings. The van der Waals surface area contributed by atoms with Crippen LogP contribution in [0.25, 0.3) is 0 Å². The molecule has 3 nitrogen and oxygen atoms in total. The Hall–Kier alpha value is -1.17. The topological polar surface area (TPSA) is 32.3 Å². The minimum absolute atomic E-state index is 0.155. The van der Waals surface area contributed by atoms with Crippen LogP contribution in [0.3, 0.4) is 0 Å². The normalized spacial score (nSPS) is 17.0. The fraction of sp³-hybridized carbons (Fsp3) is 0.389. The number of hydrogen-bond donors (Lipinski definition) is 1. The van der Waals surface area contributed by atoms with E-state index in [2.05, 4.69) is 69.2 Å². The van der Waals surface area contributed by atoms with Crippen molar-refractivity contribution in [3.63, 3.8) is 0 Å². The Morgan fingerprint density at radius 3 is 2.52 bits per heavy atom. The van der Waals surface area contributed by atoms with Crippen molar-refractivity contribution in [1.29, 1.82) is 0 Å². The minimum atomic E-state index is -0.313. The molecule has 2 aromatic rings. The zero-order valence-electron chi connectivity index (χ0n) is 13.4. The summed E-state index contributed by atoms with van der Waals surface area (Å²) < 4.78 is 1.04. The number of nitrogens with one attached hydrogen (secondary N) is 1. The highest BCUT2D eigenvalue weighted by atomic mass is 79.9. The number of nitrogens with zero attached hydrogens (tertiary/aromatic N) is 1. The highest BCUT2D eigenvalue weighted by molar-refractivity contribution is 9.10. The number of benzene rings is 1. The molecule has 1 saturated carbocycles. The molecular formula is C18H21BrN2OS. The van der Waals surface area contributed by atoms with Crippen molar-refractivity contribution >= 4 is 33.2 Å². The minimum Gasteiger partial charge on any atom is -0.353 e. The molecule has 1 heterocycles. The van der Waals surface area contributed by atoms with Gasteiger partial charge in [-0.1, -0.05) is 28.1 Å². The molecule has 1 N–H and O–H groups in total. The molecule has 1 aromatic carbocycles. The molecule has 3 rings (SSSR count).